The molecule has 0 fully saturated rings. The van der Waals surface area contributed by atoms with Crippen molar-refractivity contribution in [3.8, 4) is 0 Å². The Morgan fingerprint density at radius 1 is 1.43 bits per heavy atom. The number of benzene rings is 1. The molecule has 2 aromatic rings. The molecule has 0 aliphatic heterocycles. The summed E-state index contributed by atoms with van der Waals surface area (Å²) < 4.78 is 0. The van der Waals surface area contributed by atoms with Gasteiger partial charge in [0.2, 0.25) is 0 Å². The molecule has 1 N–H and O–H groups in total. The Morgan fingerprint density at radius 2 is 2.21 bits per heavy atom. The van der Waals surface area contributed by atoms with Crippen molar-refractivity contribution in [3.05, 3.63) is 42.6 Å². The monoisotopic (exact) mass is 186 g/mol. The van der Waals surface area contributed by atoms with E-state index >= 15 is 0 Å². The summed E-state index contributed by atoms with van der Waals surface area (Å²) >= 11 is 0. The molecule has 1 heterocycles. The molecular weight excluding hydrogens is 172 g/mol. The maximum Gasteiger partial charge on any atom is 0.0653 e. The molecule has 0 unspecified atom stereocenters. The van der Waals surface area contributed by atoms with Gasteiger partial charge in [0.05, 0.1) is 11.7 Å². The number of nitrogens with zero attached hydrogens (tertiary/aromatic N) is 1. The van der Waals surface area contributed by atoms with E-state index in [2.05, 4.69) is 36.7 Å². The van der Waals surface area contributed by atoms with Crippen molar-refractivity contribution in [3.63, 3.8) is 0 Å². The number of allylic oxidation sites excluding steroid dienone is 1. The molecule has 0 aliphatic carbocycles. The van der Waals surface area contributed by atoms with E-state index in [1.54, 1.807) is 0 Å². The van der Waals surface area contributed by atoms with Crippen LogP contribution in [0.3, 0.4) is 0 Å². The van der Waals surface area contributed by atoms with Crippen LogP contribution in [0.25, 0.3) is 10.9 Å². The fourth-order valence-corrected chi connectivity index (χ4v) is 1.64. The van der Waals surface area contributed by atoms with Crippen molar-refractivity contribution in [1.29, 1.82) is 0 Å². The van der Waals surface area contributed by atoms with Gasteiger partial charge < -0.3 is 0 Å². The highest BCUT2D eigenvalue weighted by molar-refractivity contribution is 5.82. The number of aromatic amines is 1. The van der Waals surface area contributed by atoms with Gasteiger partial charge in [-0.2, -0.15) is 5.10 Å². The normalized spacial score (nSPS) is 11.9. The molecule has 0 radical (unpaired) electrons. The molecule has 1 aromatic carbocycles. The van der Waals surface area contributed by atoms with Crippen LogP contribution in [0, 0.1) is 0 Å². The molecule has 0 saturated heterocycles. The summed E-state index contributed by atoms with van der Waals surface area (Å²) in [6.45, 7) is 8.18. The maximum absolute atomic E-state index is 4.05. The van der Waals surface area contributed by atoms with E-state index in [4.69, 9.17) is 0 Å². The van der Waals surface area contributed by atoms with E-state index in [1.807, 2.05) is 24.4 Å². The van der Waals surface area contributed by atoms with E-state index < -0.39 is 0 Å². The van der Waals surface area contributed by atoms with Gasteiger partial charge >= 0.3 is 0 Å². The first kappa shape index (κ1) is 9.00. The lowest BCUT2D eigenvalue weighted by Gasteiger charge is -2.20. The van der Waals surface area contributed by atoms with Gasteiger partial charge in [-0.15, -0.1) is 6.58 Å². The zero-order chi connectivity index (χ0) is 10.2. The summed E-state index contributed by atoms with van der Waals surface area (Å²) in [5, 5.41) is 8.20. The van der Waals surface area contributed by atoms with Gasteiger partial charge in [-0.05, 0) is 11.6 Å². The molecule has 1 aromatic heterocycles. The average Bonchev–Trinajstić information content (AvgIpc) is 2.64. The van der Waals surface area contributed by atoms with Gasteiger partial charge in [-0.25, -0.2) is 0 Å². The van der Waals surface area contributed by atoms with Crippen molar-refractivity contribution in [2.75, 3.05) is 0 Å². The van der Waals surface area contributed by atoms with Gasteiger partial charge in [0.1, 0.15) is 0 Å². The molecule has 0 saturated carbocycles. The average molecular weight is 186 g/mol. The Hall–Kier alpha value is -1.57. The van der Waals surface area contributed by atoms with Crippen LogP contribution >= 0.6 is 0 Å². The number of nitrogens with one attached hydrogen (secondary N) is 1. The zero-order valence-corrected chi connectivity index (χ0v) is 8.54. The lowest BCUT2D eigenvalue weighted by atomic mass is 9.83. The van der Waals surface area contributed by atoms with Crippen LogP contribution in [0.4, 0.5) is 0 Å². The number of fused-ring (bicyclic) bond motifs is 1. The summed E-state index contributed by atoms with van der Waals surface area (Å²) in [5.74, 6) is 0. The molecule has 0 amide bonds. The van der Waals surface area contributed by atoms with Gasteiger partial charge in [-0.3, -0.25) is 5.10 Å². The summed E-state index contributed by atoms with van der Waals surface area (Å²) in [4.78, 5) is 0. The van der Waals surface area contributed by atoms with Crippen molar-refractivity contribution >= 4 is 10.9 Å². The standard InChI is InChI=1S/C12H14N2/c1-4-12(2,3)10-6-5-7-11-9(10)8-13-14-11/h4-8H,1H2,2-3H3,(H,13,14). The number of rotatable bonds is 2. The molecule has 0 aliphatic rings. The fourth-order valence-electron chi connectivity index (χ4n) is 1.64. The third kappa shape index (κ3) is 1.23. The van der Waals surface area contributed by atoms with E-state index in [-0.39, 0.29) is 5.41 Å². The Bertz CT molecular complexity index is 466. The van der Waals surface area contributed by atoms with Gasteiger partial charge in [0, 0.05) is 10.8 Å². The van der Waals surface area contributed by atoms with Crippen LogP contribution in [-0.2, 0) is 5.41 Å². The van der Waals surface area contributed by atoms with Crippen molar-refractivity contribution in [2.24, 2.45) is 0 Å². The molecule has 2 heteroatoms. The van der Waals surface area contributed by atoms with Crippen LogP contribution in [0.2, 0.25) is 0 Å². The number of aromatic nitrogens is 2. The predicted molar refractivity (Wildman–Crippen MR) is 59.3 cm³/mol. The Morgan fingerprint density at radius 3 is 2.93 bits per heavy atom. The van der Waals surface area contributed by atoms with Crippen LogP contribution in [0.15, 0.2) is 37.1 Å². The van der Waals surface area contributed by atoms with Gasteiger partial charge in [0.25, 0.3) is 0 Å². The first-order chi connectivity index (χ1) is 6.65. The van der Waals surface area contributed by atoms with Crippen LogP contribution in [0.5, 0.6) is 0 Å². The lowest BCUT2D eigenvalue weighted by Crippen LogP contribution is -2.12. The predicted octanol–water partition coefficient (Wildman–Crippen LogP) is 3.03. The Labute approximate surface area is 83.6 Å². The van der Waals surface area contributed by atoms with Gasteiger partial charge in [0.15, 0.2) is 0 Å². The van der Waals surface area contributed by atoms with Crippen LogP contribution in [0.1, 0.15) is 19.4 Å². The Kier molecular flexibility index (Phi) is 1.92. The summed E-state index contributed by atoms with van der Waals surface area (Å²) in [6, 6.07) is 6.20. The summed E-state index contributed by atoms with van der Waals surface area (Å²) in [7, 11) is 0. The minimum absolute atomic E-state index is 0.0105. The second-order valence-corrected chi connectivity index (χ2v) is 4.06. The highest BCUT2D eigenvalue weighted by atomic mass is 15.1. The fraction of sp³-hybridized carbons (Fsp3) is 0.250. The van der Waals surface area contributed by atoms with Crippen LogP contribution in [-0.4, -0.2) is 10.2 Å². The van der Waals surface area contributed by atoms with Gasteiger partial charge in [-0.1, -0.05) is 32.1 Å². The minimum Gasteiger partial charge on any atom is -0.278 e. The van der Waals surface area contributed by atoms with Crippen molar-refractivity contribution in [2.45, 2.75) is 19.3 Å². The van der Waals surface area contributed by atoms with Crippen molar-refractivity contribution < 1.29 is 0 Å². The summed E-state index contributed by atoms with van der Waals surface area (Å²) in [6.07, 6.45) is 3.84. The molecule has 0 bridgehead atoms. The third-order valence-electron chi connectivity index (χ3n) is 2.69. The maximum atomic E-state index is 4.05. The topological polar surface area (TPSA) is 28.7 Å². The molecule has 0 spiro atoms. The second kappa shape index (κ2) is 2.98. The highest BCUT2D eigenvalue weighted by Crippen LogP contribution is 2.29. The largest absolute Gasteiger partial charge is 0.278 e. The third-order valence-corrected chi connectivity index (χ3v) is 2.69. The molecule has 2 rings (SSSR count). The van der Waals surface area contributed by atoms with E-state index in [0.29, 0.717) is 0 Å². The van der Waals surface area contributed by atoms with Crippen molar-refractivity contribution in [1.82, 2.24) is 10.2 Å². The molecule has 72 valence electrons. The highest BCUT2D eigenvalue weighted by Gasteiger charge is 2.18. The molecule has 14 heavy (non-hydrogen) atoms. The molecule has 2 nitrogen and oxygen atoms in total. The second-order valence-electron chi connectivity index (χ2n) is 4.06. The number of H-pyrrole nitrogens is 1. The number of hydrogen-bond donors (Lipinski definition) is 1. The quantitative estimate of drug-likeness (QED) is 0.717. The molecule has 0 atom stereocenters. The zero-order valence-electron chi connectivity index (χ0n) is 8.54. The van der Waals surface area contributed by atoms with E-state index in [0.717, 1.165) is 5.52 Å². The molecular formula is C12H14N2. The minimum atomic E-state index is -0.0105. The smallest absolute Gasteiger partial charge is 0.0653 e. The van der Waals surface area contributed by atoms with E-state index in [9.17, 15) is 0 Å². The summed E-state index contributed by atoms with van der Waals surface area (Å²) in [5.41, 5.74) is 2.33. The SMILES string of the molecule is C=CC(C)(C)c1cccc2[nH]ncc12. The van der Waals surface area contributed by atoms with E-state index in [1.165, 1.54) is 10.9 Å². The number of hydrogen-bond acceptors (Lipinski definition) is 1. The first-order valence-electron chi connectivity index (χ1n) is 4.71. The lowest BCUT2D eigenvalue weighted by molar-refractivity contribution is 0.678. The van der Waals surface area contributed by atoms with Crippen LogP contribution < -0.4 is 0 Å². The Balaban J connectivity index is 2.73. The first-order valence-corrected chi connectivity index (χ1v) is 4.71.